The summed E-state index contributed by atoms with van der Waals surface area (Å²) in [5, 5.41) is 5.47. The minimum atomic E-state index is -0.589. The standard InChI is InChI=1S/C25H36N2O7/c1-15-22(16(2)24(27-19(5)29)17(3)23(15)26-18(4)28)25(31)33-14-13-32-12-11-21(30)34-20-9-7-6-8-10-20/h20H,6-14H2,1-5H3,(H,26,28)(H,27,29). The fourth-order valence-electron chi connectivity index (χ4n) is 4.20. The van der Waals surface area contributed by atoms with Gasteiger partial charge in [-0.3, -0.25) is 14.4 Å². The Morgan fingerprint density at radius 2 is 1.35 bits per heavy atom. The van der Waals surface area contributed by atoms with Crippen LogP contribution < -0.4 is 10.6 Å². The first-order valence-electron chi connectivity index (χ1n) is 11.7. The van der Waals surface area contributed by atoms with Crippen LogP contribution in [-0.4, -0.2) is 49.7 Å². The lowest BCUT2D eigenvalue weighted by Crippen LogP contribution is -2.22. The minimum Gasteiger partial charge on any atom is -0.462 e. The zero-order valence-electron chi connectivity index (χ0n) is 20.8. The maximum Gasteiger partial charge on any atom is 0.338 e. The van der Waals surface area contributed by atoms with Gasteiger partial charge < -0.3 is 24.8 Å². The second-order valence-corrected chi connectivity index (χ2v) is 8.61. The van der Waals surface area contributed by atoms with Gasteiger partial charge in [-0.15, -0.1) is 0 Å². The second-order valence-electron chi connectivity index (χ2n) is 8.61. The number of hydrogen-bond acceptors (Lipinski definition) is 7. The molecule has 0 heterocycles. The van der Waals surface area contributed by atoms with E-state index in [4.69, 9.17) is 14.2 Å². The normalized spacial score (nSPS) is 13.8. The molecular formula is C25H36N2O7. The average Bonchev–Trinajstić information content (AvgIpc) is 2.77. The molecule has 0 bridgehead atoms. The second kappa shape index (κ2) is 13.1. The number of amides is 2. The van der Waals surface area contributed by atoms with Gasteiger partial charge >= 0.3 is 11.9 Å². The van der Waals surface area contributed by atoms with E-state index in [0.717, 1.165) is 25.7 Å². The SMILES string of the molecule is CC(=O)Nc1c(C)c(NC(C)=O)c(C)c(C(=O)OCCOCCC(=O)OC2CCCCC2)c1C. The van der Waals surface area contributed by atoms with Crippen molar-refractivity contribution in [1.82, 2.24) is 0 Å². The fraction of sp³-hybridized carbons (Fsp3) is 0.600. The molecule has 1 aromatic rings. The van der Waals surface area contributed by atoms with Crippen molar-refractivity contribution >= 4 is 35.1 Å². The zero-order valence-corrected chi connectivity index (χ0v) is 20.8. The number of carbonyl (C=O) groups is 4. The molecule has 2 amide bonds. The van der Waals surface area contributed by atoms with Crippen LogP contribution in [0.15, 0.2) is 0 Å². The van der Waals surface area contributed by atoms with E-state index < -0.39 is 5.97 Å². The van der Waals surface area contributed by atoms with Gasteiger partial charge in [0.15, 0.2) is 0 Å². The summed E-state index contributed by atoms with van der Waals surface area (Å²) < 4.78 is 16.2. The van der Waals surface area contributed by atoms with E-state index in [1.807, 2.05) is 0 Å². The summed E-state index contributed by atoms with van der Waals surface area (Å²) in [6.07, 6.45) is 5.41. The first kappa shape index (κ1) is 27.3. The third-order valence-corrected chi connectivity index (χ3v) is 5.82. The van der Waals surface area contributed by atoms with Gasteiger partial charge in [0.25, 0.3) is 0 Å². The molecule has 0 atom stereocenters. The largest absolute Gasteiger partial charge is 0.462 e. The summed E-state index contributed by atoms with van der Waals surface area (Å²) in [5.41, 5.74) is 2.95. The van der Waals surface area contributed by atoms with Crippen LogP contribution in [0.1, 0.15) is 79.4 Å². The lowest BCUT2D eigenvalue weighted by atomic mass is 9.94. The maximum absolute atomic E-state index is 12.9. The Morgan fingerprint density at radius 3 is 1.88 bits per heavy atom. The Hall–Kier alpha value is -2.94. The third kappa shape index (κ3) is 7.83. The van der Waals surface area contributed by atoms with E-state index in [2.05, 4.69) is 10.6 Å². The molecule has 34 heavy (non-hydrogen) atoms. The molecule has 0 aliphatic heterocycles. The molecule has 0 spiro atoms. The Labute approximate surface area is 200 Å². The number of ether oxygens (including phenoxy) is 3. The quantitative estimate of drug-likeness (QED) is 0.387. The molecular weight excluding hydrogens is 440 g/mol. The highest BCUT2D eigenvalue weighted by Crippen LogP contribution is 2.35. The van der Waals surface area contributed by atoms with Gasteiger partial charge in [-0.1, -0.05) is 6.42 Å². The van der Waals surface area contributed by atoms with Crippen LogP contribution in [0.5, 0.6) is 0 Å². The Bertz CT molecular complexity index is 877. The molecule has 0 saturated heterocycles. The minimum absolute atomic E-state index is 0.00575. The molecule has 0 aromatic heterocycles. The summed E-state index contributed by atoms with van der Waals surface area (Å²) in [6, 6.07) is 0. The highest BCUT2D eigenvalue weighted by molar-refractivity contribution is 6.03. The first-order valence-corrected chi connectivity index (χ1v) is 11.7. The third-order valence-electron chi connectivity index (χ3n) is 5.82. The topological polar surface area (TPSA) is 120 Å². The molecule has 2 rings (SSSR count). The van der Waals surface area contributed by atoms with E-state index in [1.165, 1.54) is 20.3 Å². The summed E-state index contributed by atoms with van der Waals surface area (Å²) in [5.74, 6) is -1.45. The van der Waals surface area contributed by atoms with Crippen molar-refractivity contribution < 1.29 is 33.4 Å². The van der Waals surface area contributed by atoms with Crippen LogP contribution in [0, 0.1) is 20.8 Å². The van der Waals surface area contributed by atoms with Crippen molar-refractivity contribution in [3.63, 3.8) is 0 Å². The van der Waals surface area contributed by atoms with Gasteiger partial charge in [0.1, 0.15) is 12.7 Å². The number of esters is 2. The summed E-state index contributed by atoms with van der Waals surface area (Å²) >= 11 is 0. The molecule has 1 fully saturated rings. The van der Waals surface area contributed by atoms with E-state index in [-0.39, 0.29) is 55.7 Å². The predicted molar refractivity (Wildman–Crippen MR) is 128 cm³/mol. The van der Waals surface area contributed by atoms with Crippen molar-refractivity contribution in [1.29, 1.82) is 0 Å². The molecule has 1 saturated carbocycles. The smallest absolute Gasteiger partial charge is 0.338 e. The number of anilines is 2. The molecule has 2 N–H and O–H groups in total. The summed E-state index contributed by atoms with van der Waals surface area (Å²) in [6.45, 7) is 8.25. The van der Waals surface area contributed by atoms with E-state index >= 15 is 0 Å². The number of carbonyl (C=O) groups excluding carboxylic acids is 4. The van der Waals surface area contributed by atoms with Crippen molar-refractivity contribution in [2.75, 3.05) is 30.5 Å². The molecule has 188 valence electrons. The maximum atomic E-state index is 12.9. The van der Waals surface area contributed by atoms with Crippen LogP contribution in [0.3, 0.4) is 0 Å². The van der Waals surface area contributed by atoms with Gasteiger partial charge in [0.05, 0.1) is 25.2 Å². The monoisotopic (exact) mass is 476 g/mol. The van der Waals surface area contributed by atoms with Crippen molar-refractivity contribution in [3.05, 3.63) is 22.3 Å². The van der Waals surface area contributed by atoms with Crippen LogP contribution in [0.25, 0.3) is 0 Å². The number of hydrogen-bond donors (Lipinski definition) is 2. The molecule has 1 aliphatic carbocycles. The lowest BCUT2D eigenvalue weighted by molar-refractivity contribution is -0.151. The Balaban J connectivity index is 1.92. The molecule has 9 nitrogen and oxygen atoms in total. The van der Waals surface area contributed by atoms with Crippen molar-refractivity contribution in [2.24, 2.45) is 0 Å². The summed E-state index contributed by atoms with van der Waals surface area (Å²) in [7, 11) is 0. The van der Waals surface area contributed by atoms with Crippen molar-refractivity contribution in [3.8, 4) is 0 Å². The highest BCUT2D eigenvalue weighted by Gasteiger charge is 2.24. The fourth-order valence-corrected chi connectivity index (χ4v) is 4.20. The first-order chi connectivity index (χ1) is 16.1. The van der Waals surface area contributed by atoms with E-state index in [0.29, 0.717) is 28.1 Å². The van der Waals surface area contributed by atoms with E-state index in [1.54, 1.807) is 20.8 Å². The van der Waals surface area contributed by atoms with Crippen LogP contribution >= 0.6 is 0 Å². The highest BCUT2D eigenvalue weighted by atomic mass is 16.6. The molecule has 1 aromatic carbocycles. The zero-order chi connectivity index (χ0) is 25.3. The predicted octanol–water partition coefficient (Wildman–Crippen LogP) is 3.97. The molecule has 1 aliphatic rings. The Morgan fingerprint density at radius 1 is 0.794 bits per heavy atom. The van der Waals surface area contributed by atoms with E-state index in [9.17, 15) is 19.2 Å². The molecule has 0 unspecified atom stereocenters. The molecule has 0 radical (unpaired) electrons. The van der Waals surface area contributed by atoms with Gasteiger partial charge in [-0.05, 0) is 63.1 Å². The summed E-state index contributed by atoms with van der Waals surface area (Å²) in [4.78, 5) is 48.1. The van der Waals surface area contributed by atoms with Crippen molar-refractivity contribution in [2.45, 2.75) is 79.2 Å². The van der Waals surface area contributed by atoms with Gasteiger partial charge in [0, 0.05) is 25.2 Å². The average molecular weight is 477 g/mol. The number of benzene rings is 1. The van der Waals surface area contributed by atoms with Gasteiger partial charge in [-0.25, -0.2) is 4.79 Å². The van der Waals surface area contributed by atoms with Crippen LogP contribution in [0.2, 0.25) is 0 Å². The van der Waals surface area contributed by atoms with Gasteiger partial charge in [-0.2, -0.15) is 0 Å². The Kier molecular flexibility index (Phi) is 10.5. The number of rotatable bonds is 10. The van der Waals surface area contributed by atoms with Crippen LogP contribution in [0.4, 0.5) is 11.4 Å². The lowest BCUT2D eigenvalue weighted by Gasteiger charge is -2.22. The molecule has 9 heteroatoms. The van der Waals surface area contributed by atoms with Crippen LogP contribution in [-0.2, 0) is 28.6 Å². The number of nitrogens with one attached hydrogen (secondary N) is 2. The van der Waals surface area contributed by atoms with Gasteiger partial charge in [0.2, 0.25) is 11.8 Å².